The molecule has 1 atom stereocenters. The van der Waals surface area contributed by atoms with Gasteiger partial charge in [0.05, 0.1) is 26.5 Å². The van der Waals surface area contributed by atoms with Crippen molar-refractivity contribution < 1.29 is 23.8 Å². The third-order valence-electron chi connectivity index (χ3n) is 8.61. The molecule has 3 aromatic carbocycles. The van der Waals surface area contributed by atoms with Crippen LogP contribution in [-0.2, 0) is 22.5 Å². The van der Waals surface area contributed by atoms with Crippen LogP contribution in [0.25, 0.3) is 22.2 Å². The van der Waals surface area contributed by atoms with E-state index in [9.17, 15) is 9.59 Å². The molecule has 218 valence electrons. The summed E-state index contributed by atoms with van der Waals surface area (Å²) in [6, 6.07) is 18.3. The number of carbonyl (C=O) groups excluding carboxylic acids is 2. The maximum atomic E-state index is 13.6. The molecule has 8 nitrogen and oxygen atoms in total. The molecule has 1 aliphatic carbocycles. The molecule has 1 saturated carbocycles. The monoisotopic (exact) mass is 567 g/mol. The number of nitrogen functional groups attached to an aromatic ring is 1. The number of nitrogens with zero attached hydrogens (tertiary/aromatic N) is 1. The van der Waals surface area contributed by atoms with E-state index in [1.807, 2.05) is 36.4 Å². The number of aromatic nitrogens is 1. The van der Waals surface area contributed by atoms with Gasteiger partial charge in [0.25, 0.3) is 5.91 Å². The van der Waals surface area contributed by atoms with Gasteiger partial charge in [0.15, 0.2) is 0 Å². The maximum Gasteiger partial charge on any atom is 0.328 e. The summed E-state index contributed by atoms with van der Waals surface area (Å²) in [4.78, 5) is 26.2. The van der Waals surface area contributed by atoms with Gasteiger partial charge in [0.2, 0.25) is 0 Å². The lowest BCUT2D eigenvalue weighted by atomic mass is 9.81. The minimum Gasteiger partial charge on any atom is -0.497 e. The number of carbonyl (C=O) groups is 2. The lowest BCUT2D eigenvalue weighted by molar-refractivity contribution is -0.142. The summed E-state index contributed by atoms with van der Waals surface area (Å²) in [6.07, 6.45) is 6.28. The predicted octanol–water partition coefficient (Wildman–Crippen LogP) is 5.85. The van der Waals surface area contributed by atoms with Crippen molar-refractivity contribution in [3.63, 3.8) is 0 Å². The Hall–Kier alpha value is -4.46. The second-order valence-corrected chi connectivity index (χ2v) is 11.2. The van der Waals surface area contributed by atoms with Crippen LogP contribution < -0.4 is 20.5 Å². The second kappa shape index (κ2) is 11.8. The number of fused-ring (bicyclic) bond motifs is 5. The van der Waals surface area contributed by atoms with Gasteiger partial charge in [-0.15, -0.1) is 0 Å². The summed E-state index contributed by atoms with van der Waals surface area (Å²) >= 11 is 0. The summed E-state index contributed by atoms with van der Waals surface area (Å²) in [5, 5.41) is 4.08. The summed E-state index contributed by atoms with van der Waals surface area (Å²) in [5.74, 6) is 1.19. The van der Waals surface area contributed by atoms with Crippen molar-refractivity contribution in [2.45, 2.75) is 57.0 Å². The highest BCUT2D eigenvalue weighted by Crippen LogP contribution is 2.47. The number of nitrogens with two attached hydrogens (primary N) is 1. The zero-order chi connectivity index (χ0) is 29.2. The van der Waals surface area contributed by atoms with Crippen molar-refractivity contribution in [3.05, 3.63) is 77.4 Å². The van der Waals surface area contributed by atoms with Crippen LogP contribution in [0.2, 0.25) is 0 Å². The van der Waals surface area contributed by atoms with E-state index in [0.717, 1.165) is 41.0 Å². The van der Waals surface area contributed by atoms with Crippen LogP contribution in [0.4, 0.5) is 5.69 Å². The molecule has 0 bridgehead atoms. The highest BCUT2D eigenvalue weighted by Gasteiger charge is 2.30. The standard InChI is InChI=1S/C34H37N3O5/c1-40-25-13-15-27-30(20-25)42-17-16-37-29-19-23(10-14-26(29)31(32(27)37)22-6-4-3-5-7-22)33(38)36-28(34(39)41-2)18-21-8-11-24(35)12-9-21/h8-15,19-20,22,28H,3-7,16-18,35H2,1-2H3,(H,36,38)/t28-/m0/s1. The zero-order valence-corrected chi connectivity index (χ0v) is 24.2. The number of esters is 1. The van der Waals surface area contributed by atoms with Crippen molar-refractivity contribution >= 4 is 28.5 Å². The summed E-state index contributed by atoms with van der Waals surface area (Å²) in [5.41, 5.74) is 12.4. The van der Waals surface area contributed by atoms with Gasteiger partial charge in [0.1, 0.15) is 24.1 Å². The van der Waals surface area contributed by atoms with Crippen LogP contribution in [0.3, 0.4) is 0 Å². The summed E-state index contributed by atoms with van der Waals surface area (Å²) in [6.45, 7) is 1.16. The highest BCUT2D eigenvalue weighted by molar-refractivity contribution is 6.02. The maximum absolute atomic E-state index is 13.6. The Balaban J connectivity index is 1.40. The van der Waals surface area contributed by atoms with Crippen LogP contribution in [0.1, 0.15) is 59.5 Å². The van der Waals surface area contributed by atoms with Gasteiger partial charge in [-0.3, -0.25) is 4.79 Å². The van der Waals surface area contributed by atoms with E-state index in [0.29, 0.717) is 36.7 Å². The third-order valence-corrected chi connectivity index (χ3v) is 8.61. The first kappa shape index (κ1) is 27.7. The number of rotatable bonds is 7. The average molecular weight is 568 g/mol. The number of benzene rings is 3. The number of hydrogen-bond acceptors (Lipinski definition) is 6. The fraction of sp³-hybridized carbons (Fsp3) is 0.353. The van der Waals surface area contributed by atoms with E-state index in [1.54, 1.807) is 19.2 Å². The van der Waals surface area contributed by atoms with Crippen LogP contribution >= 0.6 is 0 Å². The fourth-order valence-electron chi connectivity index (χ4n) is 6.50. The molecule has 0 spiro atoms. The van der Waals surface area contributed by atoms with E-state index in [1.165, 1.54) is 43.0 Å². The molecule has 1 aliphatic heterocycles. The molecular formula is C34H37N3O5. The van der Waals surface area contributed by atoms with Crippen molar-refractivity contribution in [1.82, 2.24) is 9.88 Å². The Morgan fingerprint density at radius 3 is 2.55 bits per heavy atom. The lowest BCUT2D eigenvalue weighted by Gasteiger charge is -2.23. The van der Waals surface area contributed by atoms with Crippen molar-refractivity contribution in [2.24, 2.45) is 0 Å². The molecule has 0 radical (unpaired) electrons. The first-order chi connectivity index (χ1) is 20.5. The van der Waals surface area contributed by atoms with E-state index < -0.39 is 12.0 Å². The molecule has 6 rings (SSSR count). The number of methoxy groups -OCH3 is 2. The first-order valence-corrected chi connectivity index (χ1v) is 14.7. The molecule has 42 heavy (non-hydrogen) atoms. The molecule has 1 fully saturated rings. The molecule has 1 amide bonds. The molecule has 2 heterocycles. The van der Waals surface area contributed by atoms with Crippen molar-refractivity contribution in [3.8, 4) is 22.8 Å². The summed E-state index contributed by atoms with van der Waals surface area (Å²) < 4.78 is 19.0. The zero-order valence-electron chi connectivity index (χ0n) is 24.2. The quantitative estimate of drug-likeness (QED) is 0.214. The van der Waals surface area contributed by atoms with Crippen LogP contribution in [0.5, 0.6) is 11.5 Å². The third kappa shape index (κ3) is 5.29. The van der Waals surface area contributed by atoms with E-state index in [2.05, 4.69) is 22.0 Å². The normalized spacial score (nSPS) is 15.6. The molecule has 1 aromatic heterocycles. The van der Waals surface area contributed by atoms with Gasteiger partial charge in [0, 0.05) is 40.2 Å². The summed E-state index contributed by atoms with van der Waals surface area (Å²) in [7, 11) is 2.99. The SMILES string of the molecule is COC(=O)[C@H](Cc1ccc(N)cc1)NC(=O)c1ccc2c(C3CCCCC3)c3n(c2c1)CCOc1cc(OC)ccc1-3. The number of ether oxygens (including phenoxy) is 3. The first-order valence-electron chi connectivity index (χ1n) is 14.7. The Morgan fingerprint density at radius 2 is 1.81 bits per heavy atom. The van der Waals surface area contributed by atoms with Gasteiger partial charge in [-0.05, 0) is 66.3 Å². The van der Waals surface area contributed by atoms with E-state index in [-0.39, 0.29) is 5.91 Å². The topological polar surface area (TPSA) is 105 Å². The number of amides is 1. The van der Waals surface area contributed by atoms with Crippen LogP contribution in [0, 0.1) is 0 Å². The van der Waals surface area contributed by atoms with Crippen molar-refractivity contribution in [1.29, 1.82) is 0 Å². The second-order valence-electron chi connectivity index (χ2n) is 11.2. The van der Waals surface area contributed by atoms with Crippen LogP contribution in [0.15, 0.2) is 60.7 Å². The Kier molecular flexibility index (Phi) is 7.78. The number of nitrogens with one attached hydrogen (secondary N) is 1. The van der Waals surface area contributed by atoms with E-state index >= 15 is 0 Å². The number of anilines is 1. The van der Waals surface area contributed by atoms with Gasteiger partial charge >= 0.3 is 5.97 Å². The van der Waals surface area contributed by atoms with E-state index in [4.69, 9.17) is 19.9 Å². The minimum absolute atomic E-state index is 0.297. The van der Waals surface area contributed by atoms with Crippen molar-refractivity contribution in [2.75, 3.05) is 26.6 Å². The predicted molar refractivity (Wildman–Crippen MR) is 163 cm³/mol. The highest BCUT2D eigenvalue weighted by atomic mass is 16.5. The molecule has 0 saturated heterocycles. The van der Waals surface area contributed by atoms with Gasteiger partial charge in [-0.2, -0.15) is 0 Å². The largest absolute Gasteiger partial charge is 0.497 e. The Bertz CT molecular complexity index is 1620. The molecule has 2 aliphatic rings. The molecule has 0 unspecified atom stereocenters. The van der Waals surface area contributed by atoms with Gasteiger partial charge in [-0.25, -0.2) is 4.79 Å². The smallest absolute Gasteiger partial charge is 0.328 e. The Labute approximate surface area is 245 Å². The molecule has 4 aromatic rings. The van der Waals surface area contributed by atoms with Crippen LogP contribution in [-0.4, -0.2) is 43.3 Å². The molecule has 3 N–H and O–H groups in total. The minimum atomic E-state index is -0.834. The Morgan fingerprint density at radius 1 is 1.02 bits per heavy atom. The molecular weight excluding hydrogens is 530 g/mol. The fourth-order valence-corrected chi connectivity index (χ4v) is 6.50. The lowest BCUT2D eigenvalue weighted by Crippen LogP contribution is -2.43. The number of hydrogen-bond donors (Lipinski definition) is 2. The van der Waals surface area contributed by atoms with Gasteiger partial charge in [-0.1, -0.05) is 37.5 Å². The average Bonchev–Trinajstić information content (AvgIpc) is 3.22. The molecule has 8 heteroatoms. The van der Waals surface area contributed by atoms with Gasteiger partial charge < -0.3 is 29.8 Å².